The van der Waals surface area contributed by atoms with E-state index >= 15 is 0 Å². The number of hydrogen-bond donors (Lipinski definition) is 0. The van der Waals surface area contributed by atoms with Crippen LogP contribution >= 0.6 is 0 Å². The highest BCUT2D eigenvalue weighted by atomic mass is 16.5. The van der Waals surface area contributed by atoms with Gasteiger partial charge in [0.05, 0.1) is 33.0 Å². The lowest BCUT2D eigenvalue weighted by atomic mass is 9.90. The van der Waals surface area contributed by atoms with Gasteiger partial charge in [0.1, 0.15) is 0 Å². The number of amides is 1. The zero-order chi connectivity index (χ0) is 24.3. The van der Waals surface area contributed by atoms with Crippen LogP contribution in [-0.4, -0.2) is 57.0 Å². The van der Waals surface area contributed by atoms with Crippen LogP contribution in [0.3, 0.4) is 0 Å². The minimum absolute atomic E-state index is 0.00899. The highest BCUT2D eigenvalue weighted by molar-refractivity contribution is 6.07. The zero-order valence-corrected chi connectivity index (χ0v) is 20.5. The molecular formula is C29H33NO5. The molecule has 2 fully saturated rings. The third-order valence-corrected chi connectivity index (χ3v) is 6.83. The van der Waals surface area contributed by atoms with Gasteiger partial charge in [-0.15, -0.1) is 0 Å². The van der Waals surface area contributed by atoms with Crippen molar-refractivity contribution in [2.24, 2.45) is 5.41 Å². The zero-order valence-electron chi connectivity index (χ0n) is 20.5. The molecule has 2 aliphatic heterocycles. The monoisotopic (exact) mass is 475 g/mol. The summed E-state index contributed by atoms with van der Waals surface area (Å²) >= 11 is 0. The Kier molecular flexibility index (Phi) is 6.93. The Morgan fingerprint density at radius 3 is 2.66 bits per heavy atom. The third kappa shape index (κ3) is 5.29. The molecule has 1 amide bonds. The average molecular weight is 476 g/mol. The van der Waals surface area contributed by atoms with Gasteiger partial charge in [-0.25, -0.2) is 0 Å². The van der Waals surface area contributed by atoms with Crippen LogP contribution in [0.2, 0.25) is 0 Å². The maximum Gasteiger partial charge on any atom is 0.254 e. The van der Waals surface area contributed by atoms with Crippen molar-refractivity contribution in [3.8, 4) is 11.5 Å². The van der Waals surface area contributed by atoms with Crippen LogP contribution in [0.25, 0.3) is 10.8 Å². The highest BCUT2D eigenvalue weighted by Crippen LogP contribution is 2.33. The lowest BCUT2D eigenvalue weighted by Gasteiger charge is -2.37. The van der Waals surface area contributed by atoms with Gasteiger partial charge in [0, 0.05) is 30.7 Å². The Bertz CT molecular complexity index is 1180. The molecular weight excluding hydrogens is 442 g/mol. The molecule has 2 saturated heterocycles. The summed E-state index contributed by atoms with van der Waals surface area (Å²) < 4.78 is 23.0. The first-order valence-electron chi connectivity index (χ1n) is 12.3. The van der Waals surface area contributed by atoms with E-state index in [1.54, 1.807) is 7.11 Å². The number of carbonyl (C=O) groups is 1. The number of methoxy groups -OCH3 is 1. The molecule has 0 saturated carbocycles. The molecule has 0 spiro atoms. The molecule has 0 unspecified atom stereocenters. The number of rotatable bonds is 9. The Balaban J connectivity index is 1.41. The van der Waals surface area contributed by atoms with Crippen molar-refractivity contribution in [3.05, 3.63) is 71.8 Å². The number of nitrogens with zero attached hydrogens (tertiary/aromatic N) is 1. The maximum atomic E-state index is 13.9. The molecule has 0 N–H and O–H groups in total. The third-order valence-electron chi connectivity index (χ3n) is 6.83. The van der Waals surface area contributed by atoms with Crippen molar-refractivity contribution in [1.82, 2.24) is 4.90 Å². The van der Waals surface area contributed by atoms with E-state index in [1.807, 2.05) is 65.6 Å². The van der Waals surface area contributed by atoms with Crippen LogP contribution in [-0.2, 0) is 16.0 Å². The average Bonchev–Trinajstić information content (AvgIpc) is 3.38. The Morgan fingerprint density at radius 2 is 1.91 bits per heavy atom. The smallest absolute Gasteiger partial charge is 0.254 e. The molecule has 3 aromatic rings. The van der Waals surface area contributed by atoms with Crippen LogP contribution < -0.4 is 9.47 Å². The van der Waals surface area contributed by atoms with E-state index in [4.69, 9.17) is 18.9 Å². The molecule has 0 aromatic heterocycles. The SMILES string of the molecule is COc1ccc(CN(C[C@@H]2CCCO2)C(=O)c2cccc3ccccc23)cc1OCC1(C)COC1. The van der Waals surface area contributed by atoms with Crippen LogP contribution in [0.15, 0.2) is 60.7 Å². The standard InChI is InChI=1S/C29H33NO5/c1-29(18-33-19-29)20-35-27-15-21(12-13-26(27)32-2)16-30(17-23-9-6-14-34-23)28(31)25-11-5-8-22-7-3-4-10-24(22)25/h3-5,7-8,10-13,15,23H,6,9,14,16-20H2,1-2H3/t23-/m0/s1. The van der Waals surface area contributed by atoms with Gasteiger partial charge in [-0.05, 0) is 47.4 Å². The molecule has 0 radical (unpaired) electrons. The fourth-order valence-corrected chi connectivity index (χ4v) is 4.77. The largest absolute Gasteiger partial charge is 0.493 e. The summed E-state index contributed by atoms with van der Waals surface area (Å²) in [5, 5.41) is 2.02. The molecule has 0 aliphatic carbocycles. The van der Waals surface area contributed by atoms with E-state index in [9.17, 15) is 4.79 Å². The molecule has 2 heterocycles. The van der Waals surface area contributed by atoms with Gasteiger partial charge in [0.15, 0.2) is 11.5 Å². The molecule has 0 bridgehead atoms. The van der Waals surface area contributed by atoms with Crippen LogP contribution in [0.4, 0.5) is 0 Å². The molecule has 1 atom stereocenters. The Labute approximate surface area is 206 Å². The maximum absolute atomic E-state index is 13.9. The van der Waals surface area contributed by atoms with Crippen molar-refractivity contribution in [1.29, 1.82) is 0 Å². The van der Waals surface area contributed by atoms with E-state index in [-0.39, 0.29) is 17.4 Å². The summed E-state index contributed by atoms with van der Waals surface area (Å²) in [5.41, 5.74) is 1.73. The van der Waals surface area contributed by atoms with Crippen LogP contribution in [0, 0.1) is 5.41 Å². The van der Waals surface area contributed by atoms with Gasteiger partial charge in [-0.2, -0.15) is 0 Å². The second-order valence-corrected chi connectivity index (χ2v) is 9.92. The van der Waals surface area contributed by atoms with E-state index < -0.39 is 0 Å². The van der Waals surface area contributed by atoms with Gasteiger partial charge in [0.25, 0.3) is 5.91 Å². The highest BCUT2D eigenvalue weighted by Gasteiger charge is 2.34. The minimum Gasteiger partial charge on any atom is -0.493 e. The van der Waals surface area contributed by atoms with Gasteiger partial charge in [0.2, 0.25) is 0 Å². The summed E-state index contributed by atoms with van der Waals surface area (Å²) in [4.78, 5) is 15.8. The summed E-state index contributed by atoms with van der Waals surface area (Å²) in [5.74, 6) is 1.38. The Morgan fingerprint density at radius 1 is 1.09 bits per heavy atom. The lowest BCUT2D eigenvalue weighted by molar-refractivity contribution is -0.120. The van der Waals surface area contributed by atoms with E-state index in [2.05, 4.69) is 6.92 Å². The molecule has 3 aromatic carbocycles. The van der Waals surface area contributed by atoms with Crippen molar-refractivity contribution in [3.63, 3.8) is 0 Å². The lowest BCUT2D eigenvalue weighted by Crippen LogP contribution is -2.44. The summed E-state index contributed by atoms with van der Waals surface area (Å²) in [6, 6.07) is 19.8. The molecule has 5 rings (SSSR count). The normalized spacial score (nSPS) is 18.7. The number of fused-ring (bicyclic) bond motifs is 1. The van der Waals surface area contributed by atoms with Gasteiger partial charge in [-0.3, -0.25) is 4.79 Å². The summed E-state index contributed by atoms with van der Waals surface area (Å²) in [6.45, 7) is 5.88. The minimum atomic E-state index is 0.00899. The van der Waals surface area contributed by atoms with Crippen LogP contribution in [0.5, 0.6) is 11.5 Å². The fraction of sp³-hybridized carbons (Fsp3) is 0.414. The Hall–Kier alpha value is -3.09. The van der Waals surface area contributed by atoms with Gasteiger partial charge in [-0.1, -0.05) is 49.4 Å². The van der Waals surface area contributed by atoms with E-state index in [0.29, 0.717) is 50.0 Å². The summed E-state index contributed by atoms with van der Waals surface area (Å²) in [6.07, 6.45) is 2.06. The van der Waals surface area contributed by atoms with Crippen molar-refractivity contribution >= 4 is 16.7 Å². The summed E-state index contributed by atoms with van der Waals surface area (Å²) in [7, 11) is 1.64. The first-order valence-corrected chi connectivity index (χ1v) is 12.3. The number of ether oxygens (including phenoxy) is 4. The second kappa shape index (κ2) is 10.3. The first kappa shape index (κ1) is 23.6. The van der Waals surface area contributed by atoms with E-state index in [1.165, 1.54) is 0 Å². The molecule has 184 valence electrons. The molecule has 6 heteroatoms. The fourth-order valence-electron chi connectivity index (χ4n) is 4.77. The molecule has 2 aliphatic rings. The quantitative estimate of drug-likeness (QED) is 0.432. The molecule has 6 nitrogen and oxygen atoms in total. The van der Waals surface area contributed by atoms with Crippen molar-refractivity contribution in [2.45, 2.75) is 32.4 Å². The predicted molar refractivity (Wildman–Crippen MR) is 135 cm³/mol. The number of carbonyl (C=O) groups excluding carboxylic acids is 1. The first-order chi connectivity index (χ1) is 17.0. The predicted octanol–water partition coefficient (Wildman–Crippen LogP) is 5.09. The van der Waals surface area contributed by atoms with Crippen molar-refractivity contribution in [2.75, 3.05) is 40.1 Å². The topological polar surface area (TPSA) is 57.2 Å². The number of hydrogen-bond acceptors (Lipinski definition) is 5. The molecule has 35 heavy (non-hydrogen) atoms. The van der Waals surface area contributed by atoms with Gasteiger partial charge < -0.3 is 23.8 Å². The van der Waals surface area contributed by atoms with Crippen LogP contribution in [0.1, 0.15) is 35.7 Å². The van der Waals surface area contributed by atoms with Gasteiger partial charge >= 0.3 is 0 Å². The number of benzene rings is 3. The second-order valence-electron chi connectivity index (χ2n) is 9.92. The van der Waals surface area contributed by atoms with Crippen molar-refractivity contribution < 1.29 is 23.7 Å². The van der Waals surface area contributed by atoms with E-state index in [0.717, 1.165) is 35.8 Å².